The zero-order valence-corrected chi connectivity index (χ0v) is 28.1. The minimum atomic E-state index is -0.170. The predicted octanol–water partition coefficient (Wildman–Crippen LogP) is 7.41. The maximum Gasteiger partial charge on any atom is 0.274 e. The van der Waals surface area contributed by atoms with E-state index >= 15 is 0 Å². The number of aromatic amines is 1. The third-order valence-electron chi connectivity index (χ3n) is 8.03. The van der Waals surface area contributed by atoms with Gasteiger partial charge in [0.15, 0.2) is 0 Å². The summed E-state index contributed by atoms with van der Waals surface area (Å²) in [7, 11) is 2.16. The number of phenols is 1. The molecule has 0 bridgehead atoms. The molecule has 1 aromatic heterocycles. The number of halogens is 1. The summed E-state index contributed by atoms with van der Waals surface area (Å²) in [6, 6.07) is 17.3. The summed E-state index contributed by atoms with van der Waals surface area (Å²) < 4.78 is 6.13. The smallest absolute Gasteiger partial charge is 0.274 e. The van der Waals surface area contributed by atoms with E-state index in [1.54, 1.807) is 17.9 Å². The van der Waals surface area contributed by atoms with Gasteiger partial charge in [0.2, 0.25) is 0 Å². The molecule has 1 amide bonds. The number of likely N-dealkylation sites (tertiary alicyclic amines) is 1. The number of nitrogens with zero attached hydrogens (tertiary/aromatic N) is 2. The predicted molar refractivity (Wildman–Crippen MR) is 167 cm³/mol. The van der Waals surface area contributed by atoms with Crippen LogP contribution in [0.2, 0.25) is 0 Å². The van der Waals surface area contributed by atoms with E-state index in [0.717, 1.165) is 71.2 Å². The Labute approximate surface area is 274 Å². The number of nitrogens with one attached hydrogen (secondary N) is 1. The average molecular weight is 651 g/mol. The number of aromatic nitrogens is 1. The Morgan fingerprint density at radius 1 is 1.12 bits per heavy atom. The molecule has 2 aliphatic heterocycles. The van der Waals surface area contributed by atoms with Crippen molar-refractivity contribution < 1.29 is 47.3 Å². The molecular weight excluding hydrogens is 611 g/mol. The summed E-state index contributed by atoms with van der Waals surface area (Å²) in [5.41, 5.74) is 3.13. The van der Waals surface area contributed by atoms with E-state index in [1.165, 1.54) is 0 Å². The molecule has 0 unspecified atom stereocenters. The molecule has 6 rings (SSSR count). The summed E-state index contributed by atoms with van der Waals surface area (Å²) in [6.45, 7) is 10.4. The van der Waals surface area contributed by atoms with Gasteiger partial charge in [0, 0.05) is 72.9 Å². The zero-order valence-electron chi connectivity index (χ0n) is 24.5. The number of H-pyrrole nitrogens is 1. The van der Waals surface area contributed by atoms with E-state index in [-0.39, 0.29) is 63.1 Å². The van der Waals surface area contributed by atoms with Crippen LogP contribution in [0.15, 0.2) is 54.6 Å². The molecule has 2 atom stereocenters. The number of phenolic OH excluding ortho intramolecular Hbond substituents is 1. The molecule has 2 N–H and O–H groups in total. The van der Waals surface area contributed by atoms with E-state index in [9.17, 15) is 9.90 Å². The number of benzene rings is 3. The van der Waals surface area contributed by atoms with Gasteiger partial charge in [0.25, 0.3) is 5.91 Å². The van der Waals surface area contributed by atoms with Gasteiger partial charge >= 0.3 is 0 Å². The van der Waals surface area contributed by atoms with Gasteiger partial charge in [-0.05, 0) is 81.0 Å². The van der Waals surface area contributed by atoms with E-state index in [2.05, 4.69) is 23.9 Å². The van der Waals surface area contributed by atoms with Crippen LogP contribution in [0.5, 0.6) is 11.5 Å². The fourth-order valence-electron chi connectivity index (χ4n) is 5.83. The molecule has 8 heteroatoms. The van der Waals surface area contributed by atoms with Crippen molar-refractivity contribution in [3.05, 3.63) is 80.2 Å². The van der Waals surface area contributed by atoms with Crippen molar-refractivity contribution in [1.82, 2.24) is 9.88 Å². The topological polar surface area (TPSA) is 68.8 Å². The van der Waals surface area contributed by atoms with E-state index < -0.39 is 0 Å². The van der Waals surface area contributed by atoms with Crippen LogP contribution in [0.1, 0.15) is 48.7 Å². The maximum atomic E-state index is 13.8. The number of alkyl halides is 1. The molecule has 217 valence electrons. The Hall–Kier alpha value is -2.12. The second-order valence-corrected chi connectivity index (χ2v) is 11.3. The molecule has 1 radical (unpaired) electrons. The molecule has 3 heterocycles. The van der Waals surface area contributed by atoms with Gasteiger partial charge in [-0.1, -0.05) is 24.3 Å². The van der Waals surface area contributed by atoms with Crippen LogP contribution in [0.25, 0.3) is 21.7 Å². The number of carbonyl (C=O) groups excluding carboxylic acids is 1. The molecule has 0 saturated carbocycles. The van der Waals surface area contributed by atoms with Gasteiger partial charge < -0.3 is 39.0 Å². The summed E-state index contributed by atoms with van der Waals surface area (Å²) in [5.74, 6) is 1.40. The number of rotatable bonds is 5. The molecule has 0 aliphatic carbocycles. The van der Waals surface area contributed by atoms with Crippen molar-refractivity contribution >= 4 is 44.9 Å². The Kier molecular flexibility index (Phi) is 11.7. The first-order valence-electron chi connectivity index (χ1n) is 13.7. The molecule has 3 aromatic carbocycles. The summed E-state index contributed by atoms with van der Waals surface area (Å²) in [5, 5.41) is 13.2. The van der Waals surface area contributed by atoms with Crippen LogP contribution in [0, 0.1) is 20.3 Å². The third kappa shape index (κ3) is 6.77. The normalized spacial score (nSPS) is 17.7. The van der Waals surface area contributed by atoms with Crippen molar-refractivity contribution in [1.29, 1.82) is 0 Å². The largest absolute Gasteiger partial charge is 0.507 e. The minimum absolute atomic E-state index is 0. The number of carbonyl (C=O) groups is 1. The van der Waals surface area contributed by atoms with Crippen molar-refractivity contribution in [2.45, 2.75) is 38.0 Å². The first-order chi connectivity index (χ1) is 18.9. The van der Waals surface area contributed by atoms with Gasteiger partial charge in [-0.3, -0.25) is 4.79 Å². The van der Waals surface area contributed by atoms with Crippen LogP contribution >= 0.6 is 11.6 Å². The van der Waals surface area contributed by atoms with E-state index in [1.807, 2.05) is 55.5 Å². The summed E-state index contributed by atoms with van der Waals surface area (Å²) in [6.07, 6.45) is 2.32. The van der Waals surface area contributed by atoms with Gasteiger partial charge in [0.1, 0.15) is 17.2 Å². The maximum absolute atomic E-state index is 13.8. The van der Waals surface area contributed by atoms with Gasteiger partial charge in [-0.2, -0.15) is 6.92 Å². The second-order valence-electron chi connectivity index (χ2n) is 10.6. The molecule has 41 heavy (non-hydrogen) atoms. The van der Waals surface area contributed by atoms with Gasteiger partial charge in [-0.15, -0.1) is 11.6 Å². The first kappa shape index (κ1) is 33.4. The number of aromatic hydroxyl groups is 1. The Balaban J connectivity index is 0.00000113. The number of ether oxygens (including phenoxy) is 1. The molecule has 2 aliphatic rings. The van der Waals surface area contributed by atoms with Crippen molar-refractivity contribution in [2.75, 3.05) is 38.2 Å². The van der Waals surface area contributed by atoms with Crippen molar-refractivity contribution in [2.24, 2.45) is 5.92 Å². The average Bonchev–Trinajstić information content (AvgIpc) is 3.55. The number of piperidine rings is 1. The number of fused-ring (bicyclic) bond motifs is 4. The fourth-order valence-corrected chi connectivity index (χ4v) is 6.04. The Morgan fingerprint density at radius 3 is 2.49 bits per heavy atom. The SMILES string of the molecule is C[C@@H](Cl)[C@@H]1CN(C(=O)c2cc3cc(OCC4CCN(C)CC4)ccc3[nH]2)c2cc(O)c3ccccc3c21.[CH2-]C.[CH3-].[Y]. The molecular formula is C33H40ClN3O3Y-2. The molecule has 4 aromatic rings. The van der Waals surface area contributed by atoms with Crippen LogP contribution in [-0.4, -0.2) is 59.6 Å². The van der Waals surface area contributed by atoms with Crippen LogP contribution in [-0.2, 0) is 32.7 Å². The number of anilines is 1. The molecule has 1 saturated heterocycles. The summed E-state index contributed by atoms with van der Waals surface area (Å²) >= 11 is 6.62. The van der Waals surface area contributed by atoms with Crippen molar-refractivity contribution in [3.8, 4) is 11.5 Å². The van der Waals surface area contributed by atoms with Crippen LogP contribution in [0.3, 0.4) is 0 Å². The van der Waals surface area contributed by atoms with E-state index in [4.69, 9.17) is 16.3 Å². The van der Waals surface area contributed by atoms with Crippen molar-refractivity contribution in [3.63, 3.8) is 0 Å². The zero-order chi connectivity index (χ0) is 27.7. The summed E-state index contributed by atoms with van der Waals surface area (Å²) in [4.78, 5) is 21.2. The molecule has 0 spiro atoms. The third-order valence-corrected chi connectivity index (χ3v) is 8.33. The Morgan fingerprint density at radius 2 is 1.80 bits per heavy atom. The monoisotopic (exact) mass is 650 g/mol. The minimum Gasteiger partial charge on any atom is -0.507 e. The first-order valence-corrected chi connectivity index (χ1v) is 14.2. The fraction of sp³-hybridized carbons (Fsp3) is 0.364. The molecule has 6 nitrogen and oxygen atoms in total. The quantitative estimate of drug-likeness (QED) is 0.174. The second kappa shape index (κ2) is 14.4. The Bertz CT molecular complexity index is 1480. The number of hydrogen-bond donors (Lipinski definition) is 2. The standard InChI is InChI=1S/C30H32ClN3O3.C2H5.CH3.Y/c1-18(31)24-16-34(27-15-28(35)22-5-3-4-6-23(22)29(24)27)30(36)26-14-20-13-21(7-8-25(20)32-26)37-17-19-9-11-33(2)12-10-19;1-2;;/h3-8,13-15,18-19,24,32,35H,9-12,16-17H2,1-2H3;1H2,2H3;1H3;/q;2*-1;/t18-,24+;;;/m1.../s1. The van der Waals surface area contributed by atoms with Crippen LogP contribution < -0.4 is 9.64 Å². The number of amides is 1. The van der Waals surface area contributed by atoms with E-state index in [0.29, 0.717) is 18.2 Å². The van der Waals surface area contributed by atoms with Crippen LogP contribution in [0.4, 0.5) is 5.69 Å². The molecule has 1 fully saturated rings. The van der Waals surface area contributed by atoms with Gasteiger partial charge in [-0.25, -0.2) is 0 Å². The van der Waals surface area contributed by atoms with Gasteiger partial charge in [0.05, 0.1) is 12.3 Å². The number of hydrogen-bond acceptors (Lipinski definition) is 4.